The van der Waals surface area contributed by atoms with Crippen molar-refractivity contribution in [3.05, 3.63) is 23.8 Å². The Balaban J connectivity index is 2.34. The highest BCUT2D eigenvalue weighted by Crippen LogP contribution is 2.54. The molecule has 0 aromatic carbocycles. The van der Waals surface area contributed by atoms with Gasteiger partial charge in [0.15, 0.2) is 0 Å². The van der Waals surface area contributed by atoms with E-state index in [0.29, 0.717) is 25.2 Å². The minimum absolute atomic E-state index is 0.0612. The molecule has 0 heterocycles. The van der Waals surface area contributed by atoms with Crippen LogP contribution in [0.2, 0.25) is 0 Å². The van der Waals surface area contributed by atoms with E-state index in [0.717, 1.165) is 18.4 Å². The molecule has 0 aliphatic heterocycles. The first-order chi connectivity index (χ1) is 11.3. The maximum atomic E-state index is 11.3. The van der Waals surface area contributed by atoms with E-state index in [1.165, 1.54) is 0 Å². The molecule has 0 spiro atoms. The molecule has 2 bridgehead atoms. The molecule has 2 fully saturated rings. The van der Waals surface area contributed by atoms with Crippen LogP contribution >= 0.6 is 0 Å². The van der Waals surface area contributed by atoms with Crippen molar-refractivity contribution < 1.29 is 20.4 Å². The summed E-state index contributed by atoms with van der Waals surface area (Å²) in [6.45, 7) is 6.07. The third-order valence-electron chi connectivity index (χ3n) is 6.23. The average Bonchev–Trinajstić information content (AvgIpc) is 2.61. The van der Waals surface area contributed by atoms with Crippen molar-refractivity contribution in [2.75, 3.05) is 13.2 Å². The molecule has 0 amide bonds. The lowest BCUT2D eigenvalue weighted by Crippen LogP contribution is -2.52. The number of rotatable bonds is 5. The maximum Gasteiger partial charge on any atom is 0.0710 e. The highest BCUT2D eigenvalue weighted by molar-refractivity contribution is 5.20. The third-order valence-corrected chi connectivity index (χ3v) is 6.23. The lowest BCUT2D eigenvalue weighted by molar-refractivity contribution is -0.135. The van der Waals surface area contributed by atoms with E-state index in [2.05, 4.69) is 19.9 Å². The molecule has 4 N–H and O–H groups in total. The van der Waals surface area contributed by atoms with Gasteiger partial charge in [-0.1, -0.05) is 39.0 Å². The normalized spacial score (nSPS) is 41.0. The van der Waals surface area contributed by atoms with Gasteiger partial charge in [-0.3, -0.25) is 0 Å². The smallest absolute Gasteiger partial charge is 0.0710 e. The van der Waals surface area contributed by atoms with Gasteiger partial charge >= 0.3 is 0 Å². The number of fused-ring (bicyclic) bond motifs is 2. The molecule has 2 aliphatic carbocycles. The van der Waals surface area contributed by atoms with Gasteiger partial charge < -0.3 is 20.4 Å². The third kappa shape index (κ3) is 3.93. The Labute approximate surface area is 145 Å². The van der Waals surface area contributed by atoms with Gasteiger partial charge in [-0.25, -0.2) is 0 Å². The van der Waals surface area contributed by atoms with Gasteiger partial charge in [0.25, 0.3) is 0 Å². The van der Waals surface area contributed by atoms with Gasteiger partial charge in [-0.15, -0.1) is 0 Å². The first-order valence-corrected chi connectivity index (χ1v) is 9.25. The van der Waals surface area contributed by atoms with Crippen molar-refractivity contribution >= 4 is 0 Å². The van der Waals surface area contributed by atoms with Gasteiger partial charge in [0.1, 0.15) is 0 Å². The Morgan fingerprint density at radius 3 is 2.50 bits per heavy atom. The second kappa shape index (κ2) is 7.69. The molecule has 0 radical (unpaired) electrons. The van der Waals surface area contributed by atoms with Gasteiger partial charge in [0.2, 0.25) is 0 Å². The monoisotopic (exact) mass is 338 g/mol. The van der Waals surface area contributed by atoms with Crippen LogP contribution in [0, 0.1) is 23.2 Å². The molecule has 0 aromatic rings. The minimum Gasteiger partial charge on any atom is -0.396 e. The van der Waals surface area contributed by atoms with Crippen molar-refractivity contribution in [3.8, 4) is 0 Å². The number of allylic oxidation sites excluding steroid dienone is 3. The quantitative estimate of drug-likeness (QED) is 0.580. The van der Waals surface area contributed by atoms with E-state index >= 15 is 0 Å². The second-order valence-electron chi connectivity index (χ2n) is 8.45. The molecule has 0 aromatic heterocycles. The summed E-state index contributed by atoms with van der Waals surface area (Å²) in [6.07, 6.45) is 8.72. The van der Waals surface area contributed by atoms with Crippen LogP contribution in [-0.4, -0.2) is 45.3 Å². The Hall–Kier alpha value is -0.680. The fraction of sp³-hybridized carbons (Fsp3) is 0.800. The van der Waals surface area contributed by atoms with Gasteiger partial charge in [-0.05, 0) is 54.9 Å². The molecule has 5 atom stereocenters. The van der Waals surface area contributed by atoms with Crippen molar-refractivity contribution in [1.29, 1.82) is 0 Å². The van der Waals surface area contributed by atoms with Crippen LogP contribution in [0.15, 0.2) is 23.8 Å². The zero-order valence-corrected chi connectivity index (χ0v) is 15.3. The molecule has 2 rings (SSSR count). The molecule has 138 valence electrons. The zero-order chi connectivity index (χ0) is 18.0. The summed E-state index contributed by atoms with van der Waals surface area (Å²) in [7, 11) is 0. The van der Waals surface area contributed by atoms with Gasteiger partial charge in [0, 0.05) is 12.5 Å². The van der Waals surface area contributed by atoms with E-state index in [1.54, 1.807) is 0 Å². The topological polar surface area (TPSA) is 80.9 Å². The van der Waals surface area contributed by atoms with Crippen LogP contribution in [0.3, 0.4) is 0 Å². The molecular formula is C20H34O4. The van der Waals surface area contributed by atoms with Gasteiger partial charge in [0.05, 0.1) is 18.3 Å². The summed E-state index contributed by atoms with van der Waals surface area (Å²) in [4.78, 5) is 0. The van der Waals surface area contributed by atoms with E-state index in [1.807, 2.05) is 19.1 Å². The predicted molar refractivity (Wildman–Crippen MR) is 95.4 cm³/mol. The lowest BCUT2D eigenvalue weighted by Gasteiger charge is -2.48. The molecule has 4 heteroatoms. The summed E-state index contributed by atoms with van der Waals surface area (Å²) in [5.74, 6) is 0.0769. The molecule has 0 saturated heterocycles. The standard InChI is InChI=1S/C20H34O4/c1-14(2)5-4-6-15(11-21)16-7-9-19(3)13-20(24,17(16)12-22)10-8-18(19)23/h4-6,14,16-18,21-24H,7-13H2,1-3H3. The molecule has 2 saturated carbocycles. The molecule has 2 aliphatic rings. The average molecular weight is 338 g/mol. The van der Waals surface area contributed by atoms with Crippen LogP contribution in [0.25, 0.3) is 0 Å². The van der Waals surface area contributed by atoms with Crippen molar-refractivity contribution in [1.82, 2.24) is 0 Å². The van der Waals surface area contributed by atoms with E-state index in [9.17, 15) is 20.4 Å². The Kier molecular flexibility index (Phi) is 6.29. The van der Waals surface area contributed by atoms with E-state index < -0.39 is 11.7 Å². The summed E-state index contributed by atoms with van der Waals surface area (Å²) in [5, 5.41) is 41.6. The van der Waals surface area contributed by atoms with Crippen molar-refractivity contribution in [2.24, 2.45) is 23.2 Å². The largest absolute Gasteiger partial charge is 0.396 e. The van der Waals surface area contributed by atoms with Crippen LogP contribution in [0.5, 0.6) is 0 Å². The summed E-state index contributed by atoms with van der Waals surface area (Å²) in [5.41, 5.74) is -0.423. The zero-order valence-electron chi connectivity index (χ0n) is 15.3. The van der Waals surface area contributed by atoms with Crippen LogP contribution in [-0.2, 0) is 0 Å². The Bertz CT molecular complexity index is 484. The molecular weight excluding hydrogens is 304 g/mol. The second-order valence-corrected chi connectivity index (χ2v) is 8.45. The number of hydrogen-bond donors (Lipinski definition) is 4. The molecule has 24 heavy (non-hydrogen) atoms. The van der Waals surface area contributed by atoms with E-state index in [4.69, 9.17) is 0 Å². The predicted octanol–water partition coefficient (Wildman–Crippen LogP) is 2.42. The fourth-order valence-corrected chi connectivity index (χ4v) is 4.71. The number of aliphatic hydroxyl groups excluding tert-OH is 3. The maximum absolute atomic E-state index is 11.3. The summed E-state index contributed by atoms with van der Waals surface area (Å²) >= 11 is 0. The van der Waals surface area contributed by atoms with E-state index in [-0.39, 0.29) is 30.5 Å². The first kappa shape index (κ1) is 19.6. The SMILES string of the molecule is CC(C)C=CC=C(CO)C1CCC2(C)CC(O)(CCC2O)C1CO. The summed E-state index contributed by atoms with van der Waals surface area (Å²) in [6, 6.07) is 0. The number of aliphatic hydroxyl groups is 4. The fourth-order valence-electron chi connectivity index (χ4n) is 4.71. The van der Waals surface area contributed by atoms with Crippen molar-refractivity contribution in [3.63, 3.8) is 0 Å². The highest BCUT2D eigenvalue weighted by Gasteiger charge is 2.54. The van der Waals surface area contributed by atoms with Crippen molar-refractivity contribution in [2.45, 2.75) is 64.6 Å². The highest BCUT2D eigenvalue weighted by atomic mass is 16.3. The summed E-state index contributed by atoms with van der Waals surface area (Å²) < 4.78 is 0. The Morgan fingerprint density at radius 1 is 1.21 bits per heavy atom. The van der Waals surface area contributed by atoms with Crippen LogP contribution < -0.4 is 0 Å². The minimum atomic E-state index is -0.972. The first-order valence-electron chi connectivity index (χ1n) is 9.25. The van der Waals surface area contributed by atoms with Gasteiger partial charge in [-0.2, -0.15) is 0 Å². The Morgan fingerprint density at radius 2 is 1.92 bits per heavy atom. The molecule has 4 nitrogen and oxygen atoms in total. The number of hydrogen-bond acceptors (Lipinski definition) is 4. The van der Waals surface area contributed by atoms with Crippen LogP contribution in [0.1, 0.15) is 52.9 Å². The lowest BCUT2D eigenvalue weighted by atomic mass is 9.63. The van der Waals surface area contributed by atoms with Crippen LogP contribution in [0.4, 0.5) is 0 Å². The molecule has 5 unspecified atom stereocenters.